The van der Waals surface area contributed by atoms with Gasteiger partial charge in [-0.25, -0.2) is 0 Å². The quantitative estimate of drug-likeness (QED) is 0.192. The van der Waals surface area contributed by atoms with Gasteiger partial charge in [0, 0.05) is 5.92 Å². The lowest BCUT2D eigenvalue weighted by atomic mass is 9.91. The first-order valence-electron chi connectivity index (χ1n) is 11.1. The molecule has 0 N–H and O–H groups in total. The van der Waals surface area contributed by atoms with Gasteiger partial charge >= 0.3 is 0 Å². The Morgan fingerprint density at radius 3 is 2.41 bits per heavy atom. The summed E-state index contributed by atoms with van der Waals surface area (Å²) < 4.78 is 0. The molecule has 0 saturated heterocycles. The number of benzene rings is 1. The highest BCUT2D eigenvalue weighted by atomic mass is 14.1. The minimum atomic E-state index is 0.460. The van der Waals surface area contributed by atoms with E-state index < -0.39 is 0 Å². The summed E-state index contributed by atoms with van der Waals surface area (Å²) in [6.07, 6.45) is 22.1. The van der Waals surface area contributed by atoms with Crippen LogP contribution in [0, 0.1) is 18.8 Å². The van der Waals surface area contributed by atoms with Crippen molar-refractivity contribution >= 4 is 0 Å². The van der Waals surface area contributed by atoms with Crippen LogP contribution in [-0.4, -0.2) is 0 Å². The molecule has 0 heterocycles. The van der Waals surface area contributed by atoms with Gasteiger partial charge in [0.2, 0.25) is 0 Å². The zero-order valence-electron chi connectivity index (χ0n) is 18.7. The van der Waals surface area contributed by atoms with Gasteiger partial charge in [0.05, 0.1) is 0 Å². The Morgan fingerprint density at radius 2 is 1.72 bits per heavy atom. The third-order valence-corrected chi connectivity index (χ3v) is 5.89. The zero-order valence-corrected chi connectivity index (χ0v) is 18.7. The van der Waals surface area contributed by atoms with Crippen molar-refractivity contribution in [2.75, 3.05) is 0 Å². The second kappa shape index (κ2) is 12.3. The molecule has 0 nitrogen and oxygen atoms in total. The fourth-order valence-corrected chi connectivity index (χ4v) is 3.55. The molecular formula is C29H38. The van der Waals surface area contributed by atoms with Gasteiger partial charge in [0.15, 0.2) is 0 Å². The largest absolute Gasteiger partial charge is 0.0996 e. The van der Waals surface area contributed by atoms with Crippen LogP contribution in [0.3, 0.4) is 0 Å². The molecule has 0 spiro atoms. The van der Waals surface area contributed by atoms with Gasteiger partial charge in [-0.15, -0.1) is 0 Å². The Morgan fingerprint density at radius 1 is 1.03 bits per heavy atom. The lowest BCUT2D eigenvalue weighted by Gasteiger charge is -2.15. The van der Waals surface area contributed by atoms with Gasteiger partial charge in [-0.3, -0.25) is 0 Å². The van der Waals surface area contributed by atoms with Crippen molar-refractivity contribution in [3.8, 4) is 0 Å². The first-order chi connectivity index (χ1) is 14.0. The Balaban J connectivity index is 1.61. The van der Waals surface area contributed by atoms with Crippen LogP contribution in [-0.2, 0) is 6.42 Å². The maximum absolute atomic E-state index is 4.35. The lowest BCUT2D eigenvalue weighted by molar-refractivity contribution is 0.575. The van der Waals surface area contributed by atoms with E-state index >= 15 is 0 Å². The lowest BCUT2D eigenvalue weighted by Crippen LogP contribution is -1.99. The SMILES string of the molecule is C=C(/C=C\C=C(/C)C1C=CC=C1)CCC(C)C(=C)CCCCc1ccc(C)cc1. The van der Waals surface area contributed by atoms with Gasteiger partial charge in [-0.05, 0) is 63.9 Å². The Bertz CT molecular complexity index is 768. The maximum atomic E-state index is 4.35. The zero-order chi connectivity index (χ0) is 21.1. The molecule has 1 aromatic carbocycles. The molecule has 2 rings (SSSR count). The van der Waals surface area contributed by atoms with E-state index in [9.17, 15) is 0 Å². The van der Waals surface area contributed by atoms with E-state index in [1.54, 1.807) is 0 Å². The molecule has 0 aromatic heterocycles. The molecule has 0 saturated carbocycles. The van der Waals surface area contributed by atoms with Gasteiger partial charge in [0.1, 0.15) is 0 Å². The Labute approximate surface area is 179 Å². The first kappa shape index (κ1) is 22.9. The summed E-state index contributed by atoms with van der Waals surface area (Å²) >= 11 is 0. The summed E-state index contributed by atoms with van der Waals surface area (Å²) in [5, 5.41) is 0. The van der Waals surface area contributed by atoms with Crippen LogP contribution >= 0.6 is 0 Å². The molecule has 0 amide bonds. The minimum absolute atomic E-state index is 0.460. The monoisotopic (exact) mass is 386 g/mol. The smallest absolute Gasteiger partial charge is 0.0163 e. The average molecular weight is 387 g/mol. The molecule has 154 valence electrons. The molecule has 0 fully saturated rings. The summed E-state index contributed by atoms with van der Waals surface area (Å²) in [6.45, 7) is 15.2. The molecule has 0 heteroatoms. The Kier molecular flexibility index (Phi) is 9.71. The third-order valence-electron chi connectivity index (χ3n) is 5.89. The second-order valence-corrected chi connectivity index (χ2v) is 8.51. The van der Waals surface area contributed by atoms with Crippen molar-refractivity contribution < 1.29 is 0 Å². The van der Waals surface area contributed by atoms with Crippen LogP contribution in [0.4, 0.5) is 0 Å². The van der Waals surface area contributed by atoms with E-state index in [0.717, 1.165) is 19.3 Å². The fraction of sp³-hybridized carbons (Fsp3) is 0.379. The molecule has 1 aliphatic carbocycles. The van der Waals surface area contributed by atoms with Crippen molar-refractivity contribution in [3.63, 3.8) is 0 Å². The summed E-state index contributed by atoms with van der Waals surface area (Å²) in [7, 11) is 0. The minimum Gasteiger partial charge on any atom is -0.0996 e. The molecule has 29 heavy (non-hydrogen) atoms. The van der Waals surface area contributed by atoms with E-state index in [4.69, 9.17) is 0 Å². The van der Waals surface area contributed by atoms with E-state index in [0.29, 0.717) is 11.8 Å². The van der Waals surface area contributed by atoms with Crippen LogP contribution in [0.2, 0.25) is 0 Å². The fourth-order valence-electron chi connectivity index (χ4n) is 3.55. The second-order valence-electron chi connectivity index (χ2n) is 8.51. The molecule has 0 radical (unpaired) electrons. The van der Waals surface area contributed by atoms with Crippen molar-refractivity contribution in [2.45, 2.75) is 59.3 Å². The summed E-state index contributed by atoms with van der Waals surface area (Å²) in [5.41, 5.74) is 6.74. The standard InChI is InChI=1S/C29H38/c1-23(11-10-13-27(5)29-15-8-9-16-29)17-20-26(4)25(3)12-6-7-14-28-21-18-24(2)19-22-28/h8-11,13,15-16,18-19,21-22,26,29H,1,3,6-7,12,14,17,20H2,2,4-5H3/b11-10-,27-13+. The molecule has 0 aliphatic heterocycles. The topological polar surface area (TPSA) is 0 Å². The van der Waals surface area contributed by atoms with Crippen molar-refractivity contribution in [1.29, 1.82) is 0 Å². The Hall–Kier alpha value is -2.34. The molecular weight excluding hydrogens is 348 g/mol. The number of hydrogen-bond donors (Lipinski definition) is 0. The van der Waals surface area contributed by atoms with Gasteiger partial charge < -0.3 is 0 Å². The number of aryl methyl sites for hydroxylation is 2. The molecule has 0 bridgehead atoms. The third kappa shape index (κ3) is 8.69. The van der Waals surface area contributed by atoms with Gasteiger partial charge in [-0.1, -0.05) is 109 Å². The van der Waals surface area contributed by atoms with E-state index in [-0.39, 0.29) is 0 Å². The summed E-state index contributed by atoms with van der Waals surface area (Å²) in [4.78, 5) is 0. The molecule has 1 aliphatic rings. The summed E-state index contributed by atoms with van der Waals surface area (Å²) in [5.74, 6) is 1.02. The van der Waals surface area contributed by atoms with E-state index in [2.05, 4.69) is 101 Å². The normalized spacial score (nSPS) is 15.3. The first-order valence-corrected chi connectivity index (χ1v) is 11.1. The number of allylic oxidation sites excluding steroid dienone is 10. The number of rotatable bonds is 12. The van der Waals surface area contributed by atoms with Crippen LogP contribution in [0.5, 0.6) is 0 Å². The van der Waals surface area contributed by atoms with Gasteiger partial charge in [0.25, 0.3) is 0 Å². The highest BCUT2D eigenvalue weighted by molar-refractivity contribution is 5.31. The number of unbranched alkanes of at least 4 members (excludes halogenated alkanes) is 1. The van der Waals surface area contributed by atoms with Crippen LogP contribution in [0.1, 0.15) is 57.1 Å². The van der Waals surface area contributed by atoms with Crippen LogP contribution in [0.25, 0.3) is 0 Å². The van der Waals surface area contributed by atoms with Crippen molar-refractivity contribution in [2.24, 2.45) is 11.8 Å². The van der Waals surface area contributed by atoms with Crippen LogP contribution < -0.4 is 0 Å². The number of hydrogen-bond acceptors (Lipinski definition) is 0. The maximum Gasteiger partial charge on any atom is 0.0163 e. The van der Waals surface area contributed by atoms with Crippen molar-refractivity contribution in [3.05, 3.63) is 108 Å². The van der Waals surface area contributed by atoms with Crippen LogP contribution in [0.15, 0.2) is 96.7 Å². The molecule has 1 unspecified atom stereocenters. The highest BCUT2D eigenvalue weighted by Gasteiger charge is 2.07. The van der Waals surface area contributed by atoms with Crippen molar-refractivity contribution in [1.82, 2.24) is 0 Å². The molecule has 1 atom stereocenters. The van der Waals surface area contributed by atoms with E-state index in [1.165, 1.54) is 47.1 Å². The van der Waals surface area contributed by atoms with E-state index in [1.807, 2.05) is 0 Å². The summed E-state index contributed by atoms with van der Waals surface area (Å²) in [6, 6.07) is 8.92. The predicted octanol–water partition coefficient (Wildman–Crippen LogP) is 8.48. The highest BCUT2D eigenvalue weighted by Crippen LogP contribution is 2.23. The molecule has 1 aromatic rings. The average Bonchev–Trinajstić information content (AvgIpc) is 3.25. The predicted molar refractivity (Wildman–Crippen MR) is 130 cm³/mol. The van der Waals surface area contributed by atoms with Gasteiger partial charge in [-0.2, -0.15) is 0 Å².